The zero-order valence-electron chi connectivity index (χ0n) is 7.73. The lowest BCUT2D eigenvalue weighted by Gasteiger charge is -2.02. The van der Waals surface area contributed by atoms with Crippen molar-refractivity contribution in [3.8, 4) is 5.75 Å². The number of hydrogen-bond acceptors (Lipinski definition) is 3. The number of rotatable bonds is 3. The Morgan fingerprint density at radius 3 is 2.86 bits per heavy atom. The van der Waals surface area contributed by atoms with Crippen LogP contribution in [0.2, 0.25) is 0 Å². The number of amides is 1. The number of hydrogen-bond donors (Lipinski definition) is 1. The lowest BCUT2D eigenvalue weighted by Crippen LogP contribution is -2.16. The minimum Gasteiger partial charge on any atom is -0.410 e. The summed E-state index contributed by atoms with van der Waals surface area (Å²) >= 11 is 0. The molecule has 1 amide bonds. The van der Waals surface area contributed by atoms with Gasteiger partial charge in [0.05, 0.1) is 0 Å². The van der Waals surface area contributed by atoms with E-state index in [1.54, 1.807) is 24.5 Å². The van der Waals surface area contributed by atoms with Crippen LogP contribution >= 0.6 is 0 Å². The molecule has 1 atom stereocenters. The second-order valence-electron chi connectivity index (χ2n) is 2.79. The second kappa shape index (κ2) is 4.76. The van der Waals surface area contributed by atoms with Crippen molar-refractivity contribution in [2.45, 2.75) is 5.75 Å². The molecule has 76 valence electrons. The van der Waals surface area contributed by atoms with Gasteiger partial charge in [0, 0.05) is 22.8 Å². The van der Waals surface area contributed by atoms with E-state index >= 15 is 0 Å². The molecule has 0 bridgehead atoms. The number of nitrogens with two attached hydrogens (primary N) is 1. The third-order valence-electron chi connectivity index (χ3n) is 1.49. The quantitative estimate of drug-likeness (QED) is 0.815. The largest absolute Gasteiger partial charge is 0.410 e. The molecule has 1 aromatic carbocycles. The summed E-state index contributed by atoms with van der Waals surface area (Å²) < 4.78 is 15.6. The molecular formula is C9H11NO3S. The Morgan fingerprint density at radius 2 is 2.29 bits per heavy atom. The molecule has 0 aromatic heterocycles. The summed E-state index contributed by atoms with van der Waals surface area (Å²) in [6.45, 7) is 0. The Labute approximate surface area is 84.5 Å². The third kappa shape index (κ3) is 3.57. The fourth-order valence-electron chi connectivity index (χ4n) is 1.05. The highest BCUT2D eigenvalue weighted by molar-refractivity contribution is 7.83. The molecule has 0 radical (unpaired) electrons. The van der Waals surface area contributed by atoms with Crippen LogP contribution < -0.4 is 10.5 Å². The first-order valence-corrected chi connectivity index (χ1v) is 5.67. The van der Waals surface area contributed by atoms with Crippen LogP contribution in [0.25, 0.3) is 0 Å². The summed E-state index contributed by atoms with van der Waals surface area (Å²) in [6, 6.07) is 6.80. The molecule has 0 saturated heterocycles. The molecule has 0 heterocycles. The van der Waals surface area contributed by atoms with Crippen LogP contribution in [0.15, 0.2) is 24.3 Å². The van der Waals surface area contributed by atoms with Crippen molar-refractivity contribution >= 4 is 16.9 Å². The van der Waals surface area contributed by atoms with Crippen LogP contribution in [-0.2, 0) is 16.6 Å². The van der Waals surface area contributed by atoms with Crippen LogP contribution in [-0.4, -0.2) is 16.6 Å². The van der Waals surface area contributed by atoms with Crippen LogP contribution in [0.4, 0.5) is 4.79 Å². The van der Waals surface area contributed by atoms with Crippen LogP contribution in [0.1, 0.15) is 5.56 Å². The van der Waals surface area contributed by atoms with Gasteiger partial charge in [0.25, 0.3) is 0 Å². The molecule has 0 aliphatic heterocycles. The van der Waals surface area contributed by atoms with E-state index in [-0.39, 0.29) is 0 Å². The summed E-state index contributed by atoms with van der Waals surface area (Å²) in [5.74, 6) is 0.816. The van der Waals surface area contributed by atoms with Crippen molar-refractivity contribution in [2.75, 3.05) is 6.26 Å². The van der Waals surface area contributed by atoms with Crippen LogP contribution in [0, 0.1) is 0 Å². The van der Waals surface area contributed by atoms with E-state index in [2.05, 4.69) is 4.74 Å². The Kier molecular flexibility index (Phi) is 3.64. The predicted octanol–water partition coefficient (Wildman–Crippen LogP) is 1.02. The lowest BCUT2D eigenvalue weighted by molar-refractivity contribution is 0.211. The highest BCUT2D eigenvalue weighted by Gasteiger charge is 2.01. The van der Waals surface area contributed by atoms with Gasteiger partial charge in [0.1, 0.15) is 5.75 Å². The van der Waals surface area contributed by atoms with Gasteiger partial charge >= 0.3 is 6.09 Å². The number of carbonyl (C=O) groups is 1. The van der Waals surface area contributed by atoms with Crippen LogP contribution in [0.3, 0.4) is 0 Å². The summed E-state index contributed by atoms with van der Waals surface area (Å²) in [6.07, 6.45) is 0.765. The second-order valence-corrected chi connectivity index (χ2v) is 4.22. The maximum absolute atomic E-state index is 10.9. The topological polar surface area (TPSA) is 69.4 Å². The summed E-state index contributed by atoms with van der Waals surface area (Å²) in [5, 5.41) is 0. The van der Waals surface area contributed by atoms with Crippen molar-refractivity contribution in [3.05, 3.63) is 29.8 Å². The molecule has 0 fully saturated rings. The average molecular weight is 213 g/mol. The number of primary amides is 1. The fourth-order valence-corrected chi connectivity index (χ4v) is 1.70. The number of ether oxygens (including phenoxy) is 1. The first kappa shape index (κ1) is 10.7. The zero-order valence-corrected chi connectivity index (χ0v) is 8.54. The van der Waals surface area contributed by atoms with Crippen molar-refractivity contribution in [2.24, 2.45) is 5.73 Å². The van der Waals surface area contributed by atoms with Gasteiger partial charge in [0.15, 0.2) is 0 Å². The van der Waals surface area contributed by atoms with Crippen molar-refractivity contribution in [3.63, 3.8) is 0 Å². The molecule has 4 nitrogen and oxygen atoms in total. The Bertz CT molecular complexity index is 334. The summed E-state index contributed by atoms with van der Waals surface area (Å²) in [5.41, 5.74) is 5.71. The van der Waals surface area contributed by atoms with E-state index in [0.29, 0.717) is 11.5 Å². The Balaban J connectivity index is 2.78. The van der Waals surface area contributed by atoms with E-state index in [0.717, 1.165) is 5.56 Å². The summed E-state index contributed by atoms with van der Waals surface area (Å²) in [4.78, 5) is 10.4. The molecule has 1 unspecified atom stereocenters. The molecule has 0 spiro atoms. The standard InChI is InChI=1S/C9H11NO3S/c1-14(12)6-7-3-2-4-8(5-7)13-9(10)11/h2-5H,6H2,1H3,(H2,10,11). The lowest BCUT2D eigenvalue weighted by atomic mass is 10.2. The highest BCUT2D eigenvalue weighted by atomic mass is 32.2. The fraction of sp³-hybridized carbons (Fsp3) is 0.222. The molecule has 5 heteroatoms. The highest BCUT2D eigenvalue weighted by Crippen LogP contribution is 2.14. The molecule has 0 aliphatic rings. The minimum atomic E-state index is -0.909. The van der Waals surface area contributed by atoms with Crippen molar-refractivity contribution in [1.82, 2.24) is 0 Å². The zero-order chi connectivity index (χ0) is 10.6. The van der Waals surface area contributed by atoms with Gasteiger partial charge in [-0.2, -0.15) is 0 Å². The Hall–Kier alpha value is -1.36. The van der Waals surface area contributed by atoms with Gasteiger partial charge in [-0.1, -0.05) is 12.1 Å². The molecule has 0 saturated carbocycles. The maximum Gasteiger partial charge on any atom is 0.409 e. The van der Waals surface area contributed by atoms with E-state index in [1.807, 2.05) is 6.07 Å². The number of benzene rings is 1. The smallest absolute Gasteiger partial charge is 0.409 e. The van der Waals surface area contributed by atoms with Gasteiger partial charge < -0.3 is 10.5 Å². The molecule has 1 rings (SSSR count). The van der Waals surface area contributed by atoms with Gasteiger partial charge in [-0.25, -0.2) is 4.79 Å². The monoisotopic (exact) mass is 213 g/mol. The number of carbonyl (C=O) groups excluding carboxylic acids is 1. The van der Waals surface area contributed by atoms with Crippen molar-refractivity contribution in [1.29, 1.82) is 0 Å². The first-order chi connectivity index (χ1) is 6.58. The van der Waals surface area contributed by atoms with Crippen LogP contribution in [0.5, 0.6) is 5.75 Å². The maximum atomic E-state index is 10.9. The molecular weight excluding hydrogens is 202 g/mol. The SMILES string of the molecule is CS(=O)Cc1cccc(OC(N)=O)c1. The van der Waals surface area contributed by atoms with E-state index in [9.17, 15) is 9.00 Å². The van der Waals surface area contributed by atoms with E-state index in [1.165, 1.54) is 0 Å². The molecule has 14 heavy (non-hydrogen) atoms. The molecule has 0 aliphatic carbocycles. The normalized spacial score (nSPS) is 12.1. The van der Waals surface area contributed by atoms with E-state index in [4.69, 9.17) is 5.73 Å². The minimum absolute atomic E-state index is 0.375. The third-order valence-corrected chi connectivity index (χ3v) is 2.23. The van der Waals surface area contributed by atoms with Crippen molar-refractivity contribution < 1.29 is 13.7 Å². The van der Waals surface area contributed by atoms with E-state index < -0.39 is 16.9 Å². The first-order valence-electron chi connectivity index (χ1n) is 3.94. The van der Waals surface area contributed by atoms with Gasteiger partial charge in [-0.05, 0) is 17.7 Å². The van der Waals surface area contributed by atoms with Gasteiger partial charge in [-0.3, -0.25) is 4.21 Å². The van der Waals surface area contributed by atoms with Gasteiger partial charge in [-0.15, -0.1) is 0 Å². The Morgan fingerprint density at radius 1 is 1.57 bits per heavy atom. The predicted molar refractivity (Wildman–Crippen MR) is 54.4 cm³/mol. The molecule has 2 N–H and O–H groups in total. The molecule has 1 aromatic rings. The average Bonchev–Trinajstić information content (AvgIpc) is 2.01. The van der Waals surface area contributed by atoms with Gasteiger partial charge in [0.2, 0.25) is 0 Å². The summed E-state index contributed by atoms with van der Waals surface area (Å²) in [7, 11) is -0.909.